The van der Waals surface area contributed by atoms with E-state index in [0.29, 0.717) is 40.7 Å². The summed E-state index contributed by atoms with van der Waals surface area (Å²) in [4.78, 5) is 13.1. The number of ether oxygens (including phenoxy) is 3. The zero-order valence-corrected chi connectivity index (χ0v) is 20.1. The van der Waals surface area contributed by atoms with Crippen molar-refractivity contribution in [2.75, 3.05) is 26.6 Å². The Kier molecular flexibility index (Phi) is 6.36. The van der Waals surface area contributed by atoms with Crippen molar-refractivity contribution < 1.29 is 19.0 Å². The Hall–Kier alpha value is -4.14. The second-order valence-corrected chi connectivity index (χ2v) is 7.77. The summed E-state index contributed by atoms with van der Waals surface area (Å²) in [6.07, 6.45) is 0.675. The monoisotopic (exact) mass is 461 g/mol. The third-order valence-electron chi connectivity index (χ3n) is 5.66. The van der Waals surface area contributed by atoms with E-state index >= 15 is 0 Å². The molecule has 0 spiro atoms. The van der Waals surface area contributed by atoms with Gasteiger partial charge in [-0.2, -0.15) is 5.10 Å². The molecule has 0 aliphatic heterocycles. The van der Waals surface area contributed by atoms with Gasteiger partial charge in [-0.1, -0.05) is 19.1 Å². The largest absolute Gasteiger partial charge is 0.495 e. The van der Waals surface area contributed by atoms with Crippen LogP contribution in [0.25, 0.3) is 16.8 Å². The number of nitrogens with zero attached hydrogens (tertiary/aromatic N) is 4. The van der Waals surface area contributed by atoms with Gasteiger partial charge in [-0.3, -0.25) is 4.79 Å². The number of aromatic nitrogens is 4. The number of amides is 1. The highest BCUT2D eigenvalue weighted by Gasteiger charge is 2.22. The molecule has 9 nitrogen and oxygen atoms in total. The molecule has 1 N–H and O–H groups in total. The predicted molar refractivity (Wildman–Crippen MR) is 129 cm³/mol. The molecule has 0 bridgehead atoms. The minimum Gasteiger partial charge on any atom is -0.495 e. The van der Waals surface area contributed by atoms with Gasteiger partial charge in [0.2, 0.25) is 0 Å². The molecule has 1 amide bonds. The van der Waals surface area contributed by atoms with Gasteiger partial charge in [0.05, 0.1) is 44.0 Å². The fourth-order valence-corrected chi connectivity index (χ4v) is 3.89. The first kappa shape index (κ1) is 23.0. The maximum Gasteiger partial charge on any atom is 0.278 e. The molecule has 0 aliphatic rings. The van der Waals surface area contributed by atoms with Gasteiger partial charge in [0.25, 0.3) is 5.91 Å². The van der Waals surface area contributed by atoms with E-state index in [9.17, 15) is 4.79 Å². The van der Waals surface area contributed by atoms with Gasteiger partial charge in [0, 0.05) is 0 Å². The lowest BCUT2D eigenvalue weighted by Gasteiger charge is -2.12. The van der Waals surface area contributed by atoms with Gasteiger partial charge in [-0.05, 0) is 55.7 Å². The number of aryl methyl sites for hydroxylation is 3. The Bertz CT molecular complexity index is 1380. The molecular formula is C25H27N5O4. The zero-order valence-electron chi connectivity index (χ0n) is 20.1. The number of anilines is 1. The summed E-state index contributed by atoms with van der Waals surface area (Å²) < 4.78 is 17.9. The van der Waals surface area contributed by atoms with Crippen molar-refractivity contribution in [3.05, 3.63) is 59.0 Å². The van der Waals surface area contributed by atoms with Crippen LogP contribution in [0.4, 0.5) is 5.69 Å². The molecule has 2 heterocycles. The van der Waals surface area contributed by atoms with Crippen molar-refractivity contribution in [2.24, 2.45) is 0 Å². The highest BCUT2D eigenvalue weighted by molar-refractivity contribution is 6.04. The summed E-state index contributed by atoms with van der Waals surface area (Å²) in [5.41, 5.74) is 5.43. The van der Waals surface area contributed by atoms with Gasteiger partial charge in [0.15, 0.2) is 22.8 Å². The molecule has 0 atom stereocenters. The standard InChI is InChI=1S/C25H27N5O4/c1-7-17-22(16-9-11-20(33-5)21(13-16)34-6)24-28-27-23(15(3)30(24)29-17)25(31)26-18-12-14(2)8-10-19(18)32-4/h8-13H,7H2,1-6H3,(H,26,31). The SMILES string of the molecule is CCc1nn2c(C)c(C(=O)Nc3cc(C)ccc3OC)nnc2c1-c1ccc(OC)c(OC)c1. The van der Waals surface area contributed by atoms with Crippen LogP contribution in [0.2, 0.25) is 0 Å². The molecule has 0 saturated carbocycles. The fraction of sp³-hybridized carbons (Fsp3) is 0.280. The van der Waals surface area contributed by atoms with Crippen LogP contribution in [0.3, 0.4) is 0 Å². The summed E-state index contributed by atoms with van der Waals surface area (Å²) in [5, 5.41) is 16.3. The Labute approximate surface area is 197 Å². The Morgan fingerprint density at radius 2 is 1.65 bits per heavy atom. The number of nitrogens with one attached hydrogen (secondary N) is 1. The maximum absolute atomic E-state index is 13.1. The van der Waals surface area contributed by atoms with Crippen LogP contribution < -0.4 is 19.5 Å². The number of carbonyl (C=O) groups excluding carboxylic acids is 1. The van der Waals surface area contributed by atoms with Crippen LogP contribution >= 0.6 is 0 Å². The minimum atomic E-state index is -0.392. The molecule has 34 heavy (non-hydrogen) atoms. The lowest BCUT2D eigenvalue weighted by atomic mass is 10.0. The van der Waals surface area contributed by atoms with E-state index in [1.807, 2.05) is 50.2 Å². The number of rotatable bonds is 7. The molecule has 2 aromatic heterocycles. The first-order valence-electron chi connectivity index (χ1n) is 10.8. The second kappa shape index (κ2) is 9.38. The van der Waals surface area contributed by atoms with E-state index < -0.39 is 5.91 Å². The van der Waals surface area contributed by atoms with E-state index in [0.717, 1.165) is 22.4 Å². The summed E-state index contributed by atoms with van der Waals surface area (Å²) in [7, 11) is 4.75. The second-order valence-electron chi connectivity index (χ2n) is 7.77. The smallest absolute Gasteiger partial charge is 0.278 e. The van der Waals surface area contributed by atoms with E-state index in [1.165, 1.54) is 0 Å². The lowest BCUT2D eigenvalue weighted by molar-refractivity contribution is 0.101. The first-order valence-corrected chi connectivity index (χ1v) is 10.8. The lowest BCUT2D eigenvalue weighted by Crippen LogP contribution is -2.19. The molecule has 0 fully saturated rings. The molecule has 2 aromatic carbocycles. The van der Waals surface area contributed by atoms with Crippen molar-refractivity contribution >= 4 is 17.2 Å². The number of carbonyl (C=O) groups is 1. The molecule has 4 rings (SSSR count). The van der Waals surface area contributed by atoms with Crippen LogP contribution in [0.15, 0.2) is 36.4 Å². The van der Waals surface area contributed by atoms with Gasteiger partial charge < -0.3 is 19.5 Å². The average Bonchev–Trinajstić information content (AvgIpc) is 3.23. The molecule has 0 unspecified atom stereocenters. The quantitative estimate of drug-likeness (QED) is 0.439. The Balaban J connectivity index is 1.79. The zero-order chi connectivity index (χ0) is 24.4. The van der Waals surface area contributed by atoms with Gasteiger partial charge >= 0.3 is 0 Å². The number of benzene rings is 2. The van der Waals surface area contributed by atoms with Crippen LogP contribution in [-0.4, -0.2) is 47.0 Å². The number of hydrogen-bond donors (Lipinski definition) is 1. The number of methoxy groups -OCH3 is 3. The van der Waals surface area contributed by atoms with Crippen LogP contribution in [0.1, 0.15) is 34.4 Å². The summed E-state index contributed by atoms with van der Waals surface area (Å²) >= 11 is 0. The third kappa shape index (κ3) is 4.00. The summed E-state index contributed by atoms with van der Waals surface area (Å²) in [6.45, 7) is 5.76. The molecule has 0 aliphatic carbocycles. The van der Waals surface area contributed by atoms with E-state index in [2.05, 4.69) is 15.5 Å². The summed E-state index contributed by atoms with van der Waals surface area (Å²) in [6, 6.07) is 11.2. The Morgan fingerprint density at radius 1 is 0.941 bits per heavy atom. The van der Waals surface area contributed by atoms with E-state index in [-0.39, 0.29) is 5.69 Å². The minimum absolute atomic E-state index is 0.181. The molecule has 4 aromatic rings. The normalized spacial score (nSPS) is 10.9. The predicted octanol–water partition coefficient (Wildman–Crippen LogP) is 4.25. The number of hydrogen-bond acceptors (Lipinski definition) is 7. The van der Waals surface area contributed by atoms with Crippen molar-refractivity contribution in [1.29, 1.82) is 0 Å². The average molecular weight is 462 g/mol. The highest BCUT2D eigenvalue weighted by Crippen LogP contribution is 2.35. The topological polar surface area (TPSA) is 99.9 Å². The fourth-order valence-electron chi connectivity index (χ4n) is 3.89. The van der Waals surface area contributed by atoms with Crippen LogP contribution in [-0.2, 0) is 6.42 Å². The molecule has 176 valence electrons. The molecular weight excluding hydrogens is 434 g/mol. The van der Waals surface area contributed by atoms with Gasteiger partial charge in [-0.25, -0.2) is 4.52 Å². The van der Waals surface area contributed by atoms with Gasteiger partial charge in [-0.15, -0.1) is 10.2 Å². The number of fused-ring (bicyclic) bond motifs is 1. The maximum atomic E-state index is 13.1. The van der Waals surface area contributed by atoms with Crippen molar-refractivity contribution in [2.45, 2.75) is 27.2 Å². The van der Waals surface area contributed by atoms with Gasteiger partial charge in [0.1, 0.15) is 5.75 Å². The van der Waals surface area contributed by atoms with Crippen molar-refractivity contribution in [3.8, 4) is 28.4 Å². The molecule has 9 heteroatoms. The van der Waals surface area contributed by atoms with E-state index in [4.69, 9.17) is 19.3 Å². The first-order chi connectivity index (χ1) is 16.4. The molecule has 0 radical (unpaired) electrons. The molecule has 0 saturated heterocycles. The summed E-state index contributed by atoms with van der Waals surface area (Å²) in [5.74, 6) is 1.41. The van der Waals surface area contributed by atoms with Crippen molar-refractivity contribution in [1.82, 2.24) is 19.8 Å². The Morgan fingerprint density at radius 3 is 2.32 bits per heavy atom. The van der Waals surface area contributed by atoms with Crippen molar-refractivity contribution in [3.63, 3.8) is 0 Å². The van der Waals surface area contributed by atoms with Crippen LogP contribution in [0.5, 0.6) is 17.2 Å². The highest BCUT2D eigenvalue weighted by atomic mass is 16.5. The van der Waals surface area contributed by atoms with Crippen LogP contribution in [0, 0.1) is 13.8 Å². The third-order valence-corrected chi connectivity index (χ3v) is 5.66. The van der Waals surface area contributed by atoms with E-state index in [1.54, 1.807) is 32.8 Å².